The van der Waals surface area contributed by atoms with Crippen LogP contribution in [0, 0.1) is 0 Å². The van der Waals surface area contributed by atoms with Gasteiger partial charge in [-0.15, -0.1) is 0 Å². The normalized spacial score (nSPS) is 12.3. The molecule has 0 atom stereocenters. The molecule has 5 aromatic carbocycles. The number of allylic oxidation sites excluding steroid dienone is 6. The number of hydrogen-bond acceptors (Lipinski definition) is 3. The van der Waals surface area contributed by atoms with Gasteiger partial charge >= 0.3 is 0 Å². The zero-order valence-electron chi connectivity index (χ0n) is 32.3. The van der Waals surface area contributed by atoms with E-state index in [-0.39, 0.29) is 0 Å². The summed E-state index contributed by atoms with van der Waals surface area (Å²) in [6.45, 7) is 4.12. The summed E-state index contributed by atoms with van der Waals surface area (Å²) in [7, 11) is 0. The van der Waals surface area contributed by atoms with Crippen LogP contribution in [-0.4, -0.2) is 24.1 Å². The molecule has 0 fully saturated rings. The predicted molar refractivity (Wildman–Crippen MR) is 242 cm³/mol. The molecule has 10 aromatic rings. The Bertz CT molecular complexity index is 3220. The zero-order valence-corrected chi connectivity index (χ0v) is 32.3. The molecule has 0 aliphatic rings. The molecule has 0 aliphatic heterocycles. The van der Waals surface area contributed by atoms with E-state index in [0.717, 1.165) is 78.2 Å². The summed E-state index contributed by atoms with van der Waals surface area (Å²) in [6.07, 6.45) is 13.9. The summed E-state index contributed by atoms with van der Waals surface area (Å²) < 4.78 is 4.68. The number of para-hydroxylation sites is 2. The Hall–Kier alpha value is -7.63. The van der Waals surface area contributed by atoms with E-state index in [1.165, 1.54) is 21.9 Å². The van der Waals surface area contributed by atoms with E-state index in [1.54, 1.807) is 0 Å². The van der Waals surface area contributed by atoms with Gasteiger partial charge in [0.15, 0.2) is 0 Å². The third kappa shape index (κ3) is 6.19. The Balaban J connectivity index is 1.05. The minimum absolute atomic E-state index is 0.845. The van der Waals surface area contributed by atoms with Crippen LogP contribution < -0.4 is 0 Å². The van der Waals surface area contributed by atoms with Gasteiger partial charge in [0, 0.05) is 39.9 Å². The molecule has 5 heterocycles. The van der Waals surface area contributed by atoms with Crippen LogP contribution in [0.1, 0.15) is 19.5 Å². The first-order valence-corrected chi connectivity index (χ1v) is 19.6. The summed E-state index contributed by atoms with van der Waals surface area (Å²) in [4.78, 5) is 14.5. The highest BCUT2D eigenvalue weighted by molar-refractivity contribution is 6.12. The SMILES string of the molecule is C\C=C/C=C\C=C(/C)c1cc(-c2ccc(-n3c4ccccc4c4cc(-c5ccc6c(c5)c5ncccc5n6-c5ccccc5)ccc43)cc2)cc(-c2ccccn2)n1. The number of hydrogen-bond donors (Lipinski definition) is 0. The number of aromatic nitrogens is 5. The molecule has 0 radical (unpaired) electrons. The molecule has 0 N–H and O–H groups in total. The van der Waals surface area contributed by atoms with Crippen molar-refractivity contribution in [1.82, 2.24) is 24.1 Å². The third-order valence-electron chi connectivity index (χ3n) is 10.9. The first kappa shape index (κ1) is 34.8. The van der Waals surface area contributed by atoms with E-state index in [4.69, 9.17) is 9.97 Å². The maximum atomic E-state index is 5.03. The highest BCUT2D eigenvalue weighted by Gasteiger charge is 2.17. The fourth-order valence-electron chi connectivity index (χ4n) is 8.11. The van der Waals surface area contributed by atoms with Crippen molar-refractivity contribution < 1.29 is 0 Å². The summed E-state index contributed by atoms with van der Waals surface area (Å²) in [5, 5.41) is 3.57. The van der Waals surface area contributed by atoms with Crippen molar-refractivity contribution in [3.05, 3.63) is 206 Å². The van der Waals surface area contributed by atoms with Crippen molar-refractivity contribution in [2.24, 2.45) is 0 Å². The monoisotopic (exact) mass is 745 g/mol. The summed E-state index contributed by atoms with van der Waals surface area (Å²) >= 11 is 0. The molecule has 58 heavy (non-hydrogen) atoms. The second-order valence-electron chi connectivity index (χ2n) is 14.5. The zero-order chi connectivity index (χ0) is 39.0. The maximum Gasteiger partial charge on any atom is 0.0963 e. The molecule has 0 bridgehead atoms. The largest absolute Gasteiger partial charge is 0.309 e. The van der Waals surface area contributed by atoms with Crippen molar-refractivity contribution in [2.45, 2.75) is 13.8 Å². The average Bonchev–Trinajstić information content (AvgIpc) is 3.80. The van der Waals surface area contributed by atoms with Crippen LogP contribution >= 0.6 is 0 Å². The quantitative estimate of drug-likeness (QED) is 0.146. The lowest BCUT2D eigenvalue weighted by Gasteiger charge is -2.12. The number of nitrogens with zero attached hydrogens (tertiary/aromatic N) is 5. The number of fused-ring (bicyclic) bond motifs is 6. The first-order chi connectivity index (χ1) is 28.6. The minimum Gasteiger partial charge on any atom is -0.309 e. The van der Waals surface area contributed by atoms with Crippen LogP contribution in [0.3, 0.4) is 0 Å². The van der Waals surface area contributed by atoms with Crippen LogP contribution in [0.15, 0.2) is 200 Å². The van der Waals surface area contributed by atoms with Gasteiger partial charge in [-0.25, -0.2) is 4.98 Å². The van der Waals surface area contributed by atoms with Gasteiger partial charge < -0.3 is 9.13 Å². The van der Waals surface area contributed by atoms with Crippen LogP contribution in [0.5, 0.6) is 0 Å². The van der Waals surface area contributed by atoms with Gasteiger partial charge in [0.25, 0.3) is 0 Å². The Morgan fingerprint density at radius 2 is 1.12 bits per heavy atom. The molecule has 0 saturated carbocycles. The molecule has 5 nitrogen and oxygen atoms in total. The van der Waals surface area contributed by atoms with Crippen molar-refractivity contribution in [1.29, 1.82) is 0 Å². The van der Waals surface area contributed by atoms with Gasteiger partial charge in [0.05, 0.1) is 44.7 Å². The van der Waals surface area contributed by atoms with Gasteiger partial charge in [-0.1, -0.05) is 97.1 Å². The number of pyridine rings is 3. The highest BCUT2D eigenvalue weighted by atomic mass is 15.0. The average molecular weight is 746 g/mol. The first-order valence-electron chi connectivity index (χ1n) is 19.6. The van der Waals surface area contributed by atoms with Gasteiger partial charge in [-0.2, -0.15) is 0 Å². The third-order valence-corrected chi connectivity index (χ3v) is 10.9. The van der Waals surface area contributed by atoms with Gasteiger partial charge in [0.2, 0.25) is 0 Å². The molecule has 0 unspecified atom stereocenters. The molecular formula is C53H39N5. The van der Waals surface area contributed by atoms with Crippen LogP contribution in [0.2, 0.25) is 0 Å². The molecule has 0 aliphatic carbocycles. The van der Waals surface area contributed by atoms with Gasteiger partial charge in [0.1, 0.15) is 0 Å². The van der Waals surface area contributed by atoms with Crippen molar-refractivity contribution in [3.8, 4) is 45.0 Å². The lowest BCUT2D eigenvalue weighted by atomic mass is 10.0. The van der Waals surface area contributed by atoms with Crippen molar-refractivity contribution in [2.75, 3.05) is 0 Å². The highest BCUT2D eigenvalue weighted by Crippen LogP contribution is 2.38. The number of rotatable bonds is 8. The summed E-state index contributed by atoms with van der Waals surface area (Å²) in [5.41, 5.74) is 16.0. The Morgan fingerprint density at radius 3 is 1.91 bits per heavy atom. The van der Waals surface area contributed by atoms with Gasteiger partial charge in [-0.05, 0) is 133 Å². The standard InChI is InChI=1S/C53H39N5/c1-3-4-5-7-15-36(2)47-34-40(35-48(56-47)46-19-12-13-30-54-46)37-22-26-42(27-23-37)57-49-20-11-10-18-43(49)44-32-38(24-28-50(44)57)39-25-29-51-45(33-39)53-52(21-14-31-55-53)58(51)41-16-8-6-9-17-41/h3-35H,1-2H3/b4-3-,7-5-,36-15+. The molecule has 0 spiro atoms. The predicted octanol–water partition coefficient (Wildman–Crippen LogP) is 13.6. The Labute approximate surface area is 337 Å². The molecule has 276 valence electrons. The van der Waals surface area contributed by atoms with E-state index in [2.05, 4.69) is 167 Å². The Kier molecular flexibility index (Phi) is 8.88. The van der Waals surface area contributed by atoms with E-state index in [1.807, 2.05) is 61.8 Å². The van der Waals surface area contributed by atoms with Gasteiger partial charge in [-0.3, -0.25) is 9.97 Å². The van der Waals surface area contributed by atoms with E-state index >= 15 is 0 Å². The van der Waals surface area contributed by atoms with Crippen molar-refractivity contribution in [3.63, 3.8) is 0 Å². The molecule has 5 aromatic heterocycles. The molecule has 0 saturated heterocycles. The van der Waals surface area contributed by atoms with Crippen LogP contribution in [-0.2, 0) is 0 Å². The lowest BCUT2D eigenvalue weighted by Crippen LogP contribution is -1.96. The summed E-state index contributed by atoms with van der Waals surface area (Å²) in [5.74, 6) is 0. The smallest absolute Gasteiger partial charge is 0.0963 e. The van der Waals surface area contributed by atoms with Crippen molar-refractivity contribution >= 4 is 49.3 Å². The van der Waals surface area contributed by atoms with Crippen LogP contribution in [0.4, 0.5) is 0 Å². The van der Waals surface area contributed by atoms with E-state index in [9.17, 15) is 0 Å². The molecule has 10 rings (SSSR count). The molecular weight excluding hydrogens is 707 g/mol. The van der Waals surface area contributed by atoms with E-state index in [0.29, 0.717) is 0 Å². The second-order valence-corrected chi connectivity index (χ2v) is 14.5. The van der Waals surface area contributed by atoms with Crippen LogP contribution in [0.25, 0.3) is 94.3 Å². The van der Waals surface area contributed by atoms with E-state index < -0.39 is 0 Å². The minimum atomic E-state index is 0.845. The fourth-order valence-corrected chi connectivity index (χ4v) is 8.11. The maximum absolute atomic E-state index is 5.03. The topological polar surface area (TPSA) is 48.5 Å². The molecule has 0 amide bonds. The second kappa shape index (κ2) is 14.8. The molecule has 5 heteroatoms. The number of benzene rings is 5. The fraction of sp³-hybridized carbons (Fsp3) is 0.0377. The lowest BCUT2D eigenvalue weighted by molar-refractivity contribution is 1.17. The summed E-state index contributed by atoms with van der Waals surface area (Å²) in [6, 6.07) is 56.1. The Morgan fingerprint density at radius 1 is 0.466 bits per heavy atom.